The molecule has 0 bridgehead atoms. The Balaban J connectivity index is 1.95. The van der Waals surface area contributed by atoms with Crippen LogP contribution in [0.5, 0.6) is 0 Å². The van der Waals surface area contributed by atoms with Crippen molar-refractivity contribution in [2.24, 2.45) is 4.99 Å². The molecule has 1 aliphatic rings. The maximum atomic E-state index is 11.8. The lowest BCUT2D eigenvalue weighted by atomic mass is 9.92. The number of aliphatic carboxylic acids is 2. The molecule has 0 unspecified atom stereocenters. The Morgan fingerprint density at radius 1 is 1.08 bits per heavy atom. The Hall–Kier alpha value is -4.13. The highest BCUT2D eigenvalue weighted by Crippen LogP contribution is 2.33. The zero-order valence-electron chi connectivity index (χ0n) is 21.8. The molecule has 0 atom stereocenters. The highest BCUT2D eigenvalue weighted by atomic mass is 16.5. The normalized spacial score (nSPS) is 16.1. The molecular weight excluding hydrogens is 468 g/mol. The summed E-state index contributed by atoms with van der Waals surface area (Å²) in [5.41, 5.74) is 5.37. The van der Waals surface area contributed by atoms with Crippen LogP contribution in [-0.4, -0.2) is 48.1 Å². The number of fused-ring (bicyclic) bond motifs is 1. The minimum atomic E-state index is -0.967. The lowest BCUT2D eigenvalue weighted by Crippen LogP contribution is -2.28. The SMILES string of the molecule is COC1=C(/C=C/C(C)=NCC(=O)O)CCC/C1=C\C=C(/C)N(CC(=O)O)c1ccc2ccccc2c1C. The van der Waals surface area contributed by atoms with Crippen LogP contribution in [0.15, 0.2) is 88.3 Å². The predicted molar refractivity (Wildman–Crippen MR) is 148 cm³/mol. The number of methoxy groups -OCH3 is 1. The Kier molecular flexibility index (Phi) is 9.44. The number of rotatable bonds is 10. The van der Waals surface area contributed by atoms with Gasteiger partial charge in [-0.05, 0) is 85.7 Å². The summed E-state index contributed by atoms with van der Waals surface area (Å²) in [6, 6.07) is 12.1. The van der Waals surface area contributed by atoms with Crippen molar-refractivity contribution in [1.29, 1.82) is 0 Å². The molecule has 0 fully saturated rings. The van der Waals surface area contributed by atoms with Gasteiger partial charge in [-0.3, -0.25) is 14.6 Å². The Morgan fingerprint density at radius 2 is 1.84 bits per heavy atom. The van der Waals surface area contributed by atoms with Crippen molar-refractivity contribution >= 4 is 34.1 Å². The van der Waals surface area contributed by atoms with Crippen LogP contribution in [0.4, 0.5) is 5.69 Å². The lowest BCUT2D eigenvalue weighted by molar-refractivity contribution is -0.136. The number of hydrogen-bond acceptors (Lipinski definition) is 5. The highest BCUT2D eigenvalue weighted by molar-refractivity contribution is 5.94. The van der Waals surface area contributed by atoms with E-state index in [9.17, 15) is 14.7 Å². The third-order valence-electron chi connectivity index (χ3n) is 6.37. The molecule has 2 N–H and O–H groups in total. The first-order valence-corrected chi connectivity index (χ1v) is 12.2. The fourth-order valence-corrected chi connectivity index (χ4v) is 4.50. The van der Waals surface area contributed by atoms with Crippen LogP contribution in [-0.2, 0) is 14.3 Å². The van der Waals surface area contributed by atoms with Crippen molar-refractivity contribution in [3.05, 3.63) is 88.9 Å². The van der Waals surface area contributed by atoms with Crippen LogP contribution in [0.3, 0.4) is 0 Å². The number of anilines is 1. The fourth-order valence-electron chi connectivity index (χ4n) is 4.50. The van der Waals surface area contributed by atoms with Gasteiger partial charge in [0.05, 0.1) is 7.11 Å². The van der Waals surface area contributed by atoms with Gasteiger partial charge in [0.1, 0.15) is 18.8 Å². The van der Waals surface area contributed by atoms with E-state index in [2.05, 4.69) is 11.1 Å². The molecule has 2 aromatic carbocycles. The predicted octanol–water partition coefficient (Wildman–Crippen LogP) is 6.06. The third kappa shape index (κ3) is 7.19. The molecule has 0 saturated carbocycles. The molecule has 0 amide bonds. The minimum Gasteiger partial charge on any atom is -0.496 e. The van der Waals surface area contributed by atoms with Crippen molar-refractivity contribution < 1.29 is 24.5 Å². The number of aliphatic imine (C=N–C) groups is 1. The highest BCUT2D eigenvalue weighted by Gasteiger charge is 2.18. The van der Waals surface area contributed by atoms with Gasteiger partial charge in [0.25, 0.3) is 0 Å². The van der Waals surface area contributed by atoms with Gasteiger partial charge >= 0.3 is 11.9 Å². The number of carbonyl (C=O) groups is 2. The van der Waals surface area contributed by atoms with E-state index >= 15 is 0 Å². The molecule has 37 heavy (non-hydrogen) atoms. The van der Waals surface area contributed by atoms with Gasteiger partial charge in [0, 0.05) is 17.1 Å². The number of carboxylic acids is 2. The largest absolute Gasteiger partial charge is 0.496 e. The average Bonchev–Trinajstić information content (AvgIpc) is 2.88. The Bertz CT molecular complexity index is 1330. The summed E-state index contributed by atoms with van der Waals surface area (Å²) in [4.78, 5) is 28.3. The summed E-state index contributed by atoms with van der Waals surface area (Å²) in [5.74, 6) is -1.09. The van der Waals surface area contributed by atoms with E-state index in [4.69, 9.17) is 9.84 Å². The monoisotopic (exact) mass is 502 g/mol. The number of carboxylic acid groups (broad SMARTS) is 2. The molecule has 0 radical (unpaired) electrons. The van der Waals surface area contributed by atoms with Crippen LogP contribution in [0.25, 0.3) is 10.8 Å². The number of ether oxygens (including phenoxy) is 1. The summed E-state index contributed by atoms with van der Waals surface area (Å²) >= 11 is 0. The van der Waals surface area contributed by atoms with Crippen molar-refractivity contribution in [2.45, 2.75) is 40.0 Å². The van der Waals surface area contributed by atoms with E-state index in [0.717, 1.165) is 63.9 Å². The topological polar surface area (TPSA) is 99.4 Å². The zero-order valence-corrected chi connectivity index (χ0v) is 21.8. The second-order valence-electron chi connectivity index (χ2n) is 9.01. The summed E-state index contributed by atoms with van der Waals surface area (Å²) in [6.45, 7) is 5.29. The quantitative estimate of drug-likeness (QED) is 0.384. The summed E-state index contributed by atoms with van der Waals surface area (Å²) in [5, 5.41) is 20.7. The Morgan fingerprint density at radius 3 is 2.54 bits per heavy atom. The number of benzene rings is 2. The molecule has 0 spiro atoms. The second kappa shape index (κ2) is 12.7. The van der Waals surface area contributed by atoms with Crippen molar-refractivity contribution in [2.75, 3.05) is 25.1 Å². The number of nitrogens with zero attached hydrogens (tertiary/aromatic N) is 2. The number of allylic oxidation sites excluding steroid dienone is 7. The second-order valence-corrected chi connectivity index (χ2v) is 9.01. The fraction of sp³-hybridized carbons (Fsp3) is 0.300. The smallest absolute Gasteiger partial charge is 0.325 e. The van der Waals surface area contributed by atoms with Gasteiger partial charge in [-0.2, -0.15) is 0 Å². The zero-order chi connectivity index (χ0) is 26.9. The molecule has 0 saturated heterocycles. The van der Waals surface area contributed by atoms with Gasteiger partial charge < -0.3 is 19.8 Å². The standard InChI is InChI=1S/C30H34N2O5/c1-20(31-18-28(33)34)12-14-24-9-7-10-25(30(24)37-4)15-13-21(2)32(19-29(35)36)27-17-16-23-8-5-6-11-26(23)22(27)3/h5-6,8,11-17H,7,9-10,18-19H2,1-4H3,(H,33,34)(H,35,36)/b14-12+,21-13+,25-15+,31-20?. The van der Waals surface area contributed by atoms with E-state index in [-0.39, 0.29) is 13.1 Å². The molecule has 2 aromatic rings. The molecule has 7 nitrogen and oxygen atoms in total. The van der Waals surface area contributed by atoms with E-state index in [1.165, 1.54) is 0 Å². The summed E-state index contributed by atoms with van der Waals surface area (Å²) < 4.78 is 5.75. The first kappa shape index (κ1) is 27.5. The van der Waals surface area contributed by atoms with Gasteiger partial charge in [-0.15, -0.1) is 0 Å². The van der Waals surface area contributed by atoms with Gasteiger partial charge in [-0.25, -0.2) is 0 Å². The summed E-state index contributed by atoms with van der Waals surface area (Å²) in [6.07, 6.45) is 10.3. The lowest BCUT2D eigenvalue weighted by Gasteiger charge is -2.26. The first-order chi connectivity index (χ1) is 17.7. The van der Waals surface area contributed by atoms with Gasteiger partial charge in [0.15, 0.2) is 0 Å². The van der Waals surface area contributed by atoms with Crippen molar-refractivity contribution in [1.82, 2.24) is 0 Å². The molecule has 1 aliphatic carbocycles. The van der Waals surface area contributed by atoms with Crippen LogP contribution < -0.4 is 4.90 Å². The maximum Gasteiger partial charge on any atom is 0.325 e. The molecule has 194 valence electrons. The van der Waals surface area contributed by atoms with Crippen LogP contribution in [0, 0.1) is 6.92 Å². The third-order valence-corrected chi connectivity index (χ3v) is 6.37. The van der Waals surface area contributed by atoms with Crippen LogP contribution in [0.1, 0.15) is 38.7 Å². The van der Waals surface area contributed by atoms with Gasteiger partial charge in [-0.1, -0.05) is 42.5 Å². The van der Waals surface area contributed by atoms with Gasteiger partial charge in [0.2, 0.25) is 0 Å². The average molecular weight is 503 g/mol. The molecule has 0 aliphatic heterocycles. The van der Waals surface area contributed by atoms with Crippen LogP contribution >= 0.6 is 0 Å². The van der Waals surface area contributed by atoms with E-state index in [1.807, 2.05) is 67.3 Å². The molecular formula is C30H34N2O5. The summed E-state index contributed by atoms with van der Waals surface area (Å²) in [7, 11) is 1.64. The molecule has 7 heteroatoms. The number of aryl methyl sites for hydroxylation is 1. The van der Waals surface area contributed by atoms with E-state index < -0.39 is 11.9 Å². The Labute approximate surface area is 217 Å². The minimum absolute atomic E-state index is 0.152. The molecule has 0 heterocycles. The van der Waals surface area contributed by atoms with Crippen molar-refractivity contribution in [3.63, 3.8) is 0 Å². The van der Waals surface area contributed by atoms with E-state index in [0.29, 0.717) is 5.71 Å². The molecule has 0 aromatic heterocycles. The molecule has 3 rings (SSSR count). The maximum absolute atomic E-state index is 11.8. The van der Waals surface area contributed by atoms with E-state index in [1.54, 1.807) is 20.1 Å². The first-order valence-electron chi connectivity index (χ1n) is 12.2. The van der Waals surface area contributed by atoms with Crippen LogP contribution in [0.2, 0.25) is 0 Å². The van der Waals surface area contributed by atoms with Crippen molar-refractivity contribution in [3.8, 4) is 0 Å². The number of hydrogen-bond donors (Lipinski definition) is 2.